The fraction of sp³-hybridized carbons (Fsp3) is 0.417. The van der Waals surface area contributed by atoms with Crippen molar-refractivity contribution in [3.63, 3.8) is 0 Å². The van der Waals surface area contributed by atoms with Gasteiger partial charge in [-0.25, -0.2) is 9.97 Å². The molecule has 0 spiro atoms. The largest absolute Gasteiger partial charge is 0.481 e. The summed E-state index contributed by atoms with van der Waals surface area (Å²) in [5.41, 5.74) is 0.823. The number of rotatable bonds is 4. The van der Waals surface area contributed by atoms with E-state index in [4.69, 9.17) is 4.74 Å². The maximum Gasteiger partial charge on any atom is 0.215 e. The Bertz CT molecular complexity index is 559. The van der Waals surface area contributed by atoms with Crippen LogP contribution in [0.25, 0.3) is 10.9 Å². The normalized spacial score (nSPS) is 10.9. The van der Waals surface area contributed by atoms with Crippen molar-refractivity contribution >= 4 is 28.5 Å². The van der Waals surface area contributed by atoms with Gasteiger partial charge in [0.2, 0.25) is 5.88 Å². The minimum atomic E-state index is 0.278. The second kappa shape index (κ2) is 5.39. The Morgan fingerprint density at radius 1 is 1.33 bits per heavy atom. The lowest BCUT2D eigenvalue weighted by Gasteiger charge is -2.12. The van der Waals surface area contributed by atoms with Crippen molar-refractivity contribution in [2.75, 3.05) is 18.7 Å². The van der Waals surface area contributed by atoms with Gasteiger partial charge in [-0.3, -0.25) is 0 Å². The van der Waals surface area contributed by atoms with Gasteiger partial charge in [0.1, 0.15) is 5.52 Å². The summed E-state index contributed by atoms with van der Waals surface area (Å²) in [6, 6.07) is 2.12. The molecule has 0 radical (unpaired) electrons. The molecule has 0 fully saturated rings. The van der Waals surface area contributed by atoms with E-state index in [9.17, 15) is 0 Å². The molecule has 18 heavy (non-hydrogen) atoms. The van der Waals surface area contributed by atoms with Crippen molar-refractivity contribution in [1.29, 1.82) is 0 Å². The number of methoxy groups -OCH3 is 1. The van der Waals surface area contributed by atoms with Crippen LogP contribution in [0, 0.1) is 0 Å². The third kappa shape index (κ3) is 2.64. The van der Waals surface area contributed by atoms with E-state index in [1.807, 2.05) is 12.3 Å². The van der Waals surface area contributed by atoms with Crippen molar-refractivity contribution in [3.8, 4) is 5.88 Å². The first kappa shape index (κ1) is 12.9. The van der Waals surface area contributed by atoms with E-state index >= 15 is 0 Å². The number of aromatic nitrogens is 3. The lowest BCUT2D eigenvalue weighted by atomic mass is 10.3. The molecule has 2 rings (SSSR count). The van der Waals surface area contributed by atoms with Gasteiger partial charge in [0.15, 0.2) is 11.0 Å². The standard InChI is InChI=1S/C12H16N4OS/c1-7(2)14-11-10-8(5-9(15-11)17-3)6-13-12(16-10)18-4/h5-7H,1-4H3,(H,14,15). The van der Waals surface area contributed by atoms with Crippen LogP contribution in [-0.2, 0) is 0 Å². The number of pyridine rings is 1. The molecule has 2 aromatic heterocycles. The van der Waals surface area contributed by atoms with Gasteiger partial charge in [-0.05, 0) is 20.1 Å². The van der Waals surface area contributed by atoms with Crippen LogP contribution in [-0.4, -0.2) is 34.4 Å². The summed E-state index contributed by atoms with van der Waals surface area (Å²) in [5.74, 6) is 1.29. The quantitative estimate of drug-likeness (QED) is 0.676. The molecule has 0 amide bonds. The summed E-state index contributed by atoms with van der Waals surface area (Å²) in [6.45, 7) is 4.12. The first-order valence-electron chi connectivity index (χ1n) is 5.66. The fourth-order valence-electron chi connectivity index (χ4n) is 1.58. The number of nitrogens with zero attached hydrogens (tertiary/aromatic N) is 3. The lowest BCUT2D eigenvalue weighted by Crippen LogP contribution is -2.12. The molecule has 2 heterocycles. The first-order valence-corrected chi connectivity index (χ1v) is 6.89. The maximum atomic E-state index is 5.19. The van der Waals surface area contributed by atoms with Gasteiger partial charge in [0.05, 0.1) is 7.11 Å². The van der Waals surface area contributed by atoms with Crippen LogP contribution in [0.3, 0.4) is 0 Å². The smallest absolute Gasteiger partial charge is 0.215 e. The fourth-order valence-corrected chi connectivity index (χ4v) is 1.92. The third-order valence-electron chi connectivity index (χ3n) is 2.34. The number of fused-ring (bicyclic) bond motifs is 1. The zero-order valence-corrected chi connectivity index (χ0v) is 11.7. The summed E-state index contributed by atoms with van der Waals surface area (Å²) < 4.78 is 5.19. The molecule has 0 aliphatic heterocycles. The number of hydrogen-bond donors (Lipinski definition) is 1. The average molecular weight is 264 g/mol. The number of ether oxygens (including phenoxy) is 1. The molecule has 96 valence electrons. The first-order chi connectivity index (χ1) is 8.63. The van der Waals surface area contributed by atoms with Crippen LogP contribution in [0.4, 0.5) is 5.82 Å². The predicted molar refractivity (Wildman–Crippen MR) is 74.4 cm³/mol. The molecular formula is C12H16N4OS. The van der Waals surface area contributed by atoms with Crippen molar-refractivity contribution in [1.82, 2.24) is 15.0 Å². The molecule has 6 heteroatoms. The molecule has 0 saturated heterocycles. The summed E-state index contributed by atoms with van der Waals surface area (Å²) in [6.07, 6.45) is 3.75. The SMILES string of the molecule is COc1cc2cnc(SC)nc2c(NC(C)C)n1. The van der Waals surface area contributed by atoms with Crippen LogP contribution in [0.2, 0.25) is 0 Å². The van der Waals surface area contributed by atoms with E-state index in [1.165, 1.54) is 11.8 Å². The highest BCUT2D eigenvalue weighted by molar-refractivity contribution is 7.98. The Balaban J connectivity index is 2.61. The van der Waals surface area contributed by atoms with Gasteiger partial charge in [-0.15, -0.1) is 0 Å². The lowest BCUT2D eigenvalue weighted by molar-refractivity contribution is 0.399. The monoisotopic (exact) mass is 264 g/mol. The molecule has 2 aromatic rings. The highest BCUT2D eigenvalue weighted by Crippen LogP contribution is 2.25. The van der Waals surface area contributed by atoms with Gasteiger partial charge in [0, 0.05) is 23.7 Å². The van der Waals surface area contributed by atoms with E-state index < -0.39 is 0 Å². The number of nitrogens with one attached hydrogen (secondary N) is 1. The Kier molecular flexibility index (Phi) is 3.86. The zero-order chi connectivity index (χ0) is 13.1. The van der Waals surface area contributed by atoms with Crippen molar-refractivity contribution in [2.24, 2.45) is 0 Å². The number of anilines is 1. The van der Waals surface area contributed by atoms with E-state index in [0.29, 0.717) is 5.88 Å². The average Bonchev–Trinajstić information content (AvgIpc) is 2.37. The molecular weight excluding hydrogens is 248 g/mol. The summed E-state index contributed by atoms with van der Waals surface area (Å²) in [4.78, 5) is 13.2. The molecule has 5 nitrogen and oxygen atoms in total. The van der Waals surface area contributed by atoms with Crippen LogP contribution >= 0.6 is 11.8 Å². The second-order valence-electron chi connectivity index (χ2n) is 4.11. The topological polar surface area (TPSA) is 59.9 Å². The molecule has 0 aliphatic carbocycles. The van der Waals surface area contributed by atoms with Crippen LogP contribution in [0.5, 0.6) is 5.88 Å². The highest BCUT2D eigenvalue weighted by atomic mass is 32.2. The van der Waals surface area contributed by atoms with Crippen molar-refractivity contribution in [3.05, 3.63) is 12.3 Å². The number of thioether (sulfide) groups is 1. The summed E-state index contributed by atoms with van der Waals surface area (Å²) in [7, 11) is 1.60. The Hall–Kier alpha value is -1.56. The molecule has 0 bridgehead atoms. The van der Waals surface area contributed by atoms with Crippen molar-refractivity contribution in [2.45, 2.75) is 25.0 Å². The van der Waals surface area contributed by atoms with Crippen molar-refractivity contribution < 1.29 is 4.74 Å². The van der Waals surface area contributed by atoms with Gasteiger partial charge >= 0.3 is 0 Å². The van der Waals surface area contributed by atoms with Crippen LogP contribution < -0.4 is 10.1 Å². The molecule has 0 saturated carbocycles. The highest BCUT2D eigenvalue weighted by Gasteiger charge is 2.10. The van der Waals surface area contributed by atoms with Gasteiger partial charge in [-0.2, -0.15) is 4.98 Å². The van der Waals surface area contributed by atoms with E-state index in [2.05, 4.69) is 34.1 Å². The second-order valence-corrected chi connectivity index (χ2v) is 4.88. The zero-order valence-electron chi connectivity index (χ0n) is 10.9. The molecule has 1 N–H and O–H groups in total. The van der Waals surface area contributed by atoms with Gasteiger partial charge in [-0.1, -0.05) is 11.8 Å². The van der Waals surface area contributed by atoms with E-state index in [1.54, 1.807) is 13.3 Å². The molecule has 0 aromatic carbocycles. The Morgan fingerprint density at radius 2 is 2.11 bits per heavy atom. The Morgan fingerprint density at radius 3 is 2.72 bits per heavy atom. The molecule has 0 atom stereocenters. The van der Waals surface area contributed by atoms with E-state index in [-0.39, 0.29) is 6.04 Å². The minimum Gasteiger partial charge on any atom is -0.481 e. The number of hydrogen-bond acceptors (Lipinski definition) is 6. The van der Waals surface area contributed by atoms with Gasteiger partial charge < -0.3 is 10.1 Å². The summed E-state index contributed by atoms with van der Waals surface area (Å²) in [5, 5.41) is 4.94. The maximum absolute atomic E-state index is 5.19. The third-order valence-corrected chi connectivity index (χ3v) is 2.90. The predicted octanol–water partition coefficient (Wildman–Crippen LogP) is 2.58. The molecule has 0 aliphatic rings. The van der Waals surface area contributed by atoms with E-state index in [0.717, 1.165) is 21.9 Å². The van der Waals surface area contributed by atoms with Crippen LogP contribution in [0.15, 0.2) is 17.4 Å². The molecule has 0 unspecified atom stereocenters. The van der Waals surface area contributed by atoms with Crippen LogP contribution in [0.1, 0.15) is 13.8 Å². The Labute approximate surface area is 110 Å². The van der Waals surface area contributed by atoms with Gasteiger partial charge in [0.25, 0.3) is 0 Å². The minimum absolute atomic E-state index is 0.278. The summed E-state index contributed by atoms with van der Waals surface area (Å²) >= 11 is 1.51.